The zero-order valence-electron chi connectivity index (χ0n) is 18.2. The van der Waals surface area contributed by atoms with E-state index in [4.69, 9.17) is 0 Å². The molecule has 0 bridgehead atoms. The van der Waals surface area contributed by atoms with Crippen LogP contribution in [0.4, 0.5) is 5.13 Å². The number of rotatable bonds is 5. The highest BCUT2D eigenvalue weighted by Crippen LogP contribution is 2.28. The molecule has 3 aromatic rings. The Balaban J connectivity index is 1.55. The van der Waals surface area contributed by atoms with Crippen molar-refractivity contribution in [3.63, 3.8) is 0 Å². The lowest BCUT2D eigenvalue weighted by Gasteiger charge is -2.20. The minimum absolute atomic E-state index is 0.146. The van der Waals surface area contributed by atoms with Gasteiger partial charge >= 0.3 is 0 Å². The van der Waals surface area contributed by atoms with Crippen LogP contribution in [-0.4, -0.2) is 41.9 Å². The fraction of sp³-hybridized carbons (Fsp3) is 0.348. The molecule has 0 aliphatic carbocycles. The van der Waals surface area contributed by atoms with Crippen molar-refractivity contribution < 1.29 is 13.2 Å². The average molecular weight is 471 g/mol. The summed E-state index contributed by atoms with van der Waals surface area (Å²) in [7, 11) is -3.64. The Morgan fingerprint density at radius 1 is 0.969 bits per heavy atom. The molecule has 0 radical (unpaired) electrons. The van der Waals surface area contributed by atoms with Crippen LogP contribution in [0.3, 0.4) is 0 Å². The van der Waals surface area contributed by atoms with Gasteiger partial charge in [-0.2, -0.15) is 4.31 Å². The SMILES string of the molecule is Cc1ccc(-c2nnc(NC(=O)c3cc(S(=O)(=O)N4CCCCCC4)ccc3C)s2)cc1. The molecule has 1 N–H and O–H groups in total. The topological polar surface area (TPSA) is 92.3 Å². The average Bonchev–Trinajstić information content (AvgIpc) is 3.05. The Morgan fingerprint density at radius 2 is 1.66 bits per heavy atom. The molecule has 32 heavy (non-hydrogen) atoms. The van der Waals surface area contributed by atoms with Crippen molar-refractivity contribution in [1.82, 2.24) is 14.5 Å². The van der Waals surface area contributed by atoms with Gasteiger partial charge in [0.05, 0.1) is 4.90 Å². The smallest absolute Gasteiger partial charge is 0.257 e. The highest BCUT2D eigenvalue weighted by Gasteiger charge is 2.26. The van der Waals surface area contributed by atoms with E-state index in [1.807, 2.05) is 31.2 Å². The number of anilines is 1. The molecular formula is C23H26N4O3S2. The van der Waals surface area contributed by atoms with Crippen LogP contribution in [0.25, 0.3) is 10.6 Å². The standard InChI is InChI=1S/C23H26N4O3S2/c1-16-7-10-18(11-8-16)22-25-26-23(31-22)24-21(28)20-15-19(12-9-17(20)2)32(29,30)27-13-5-3-4-6-14-27/h7-12,15H,3-6,13-14H2,1-2H3,(H,24,26,28). The summed E-state index contributed by atoms with van der Waals surface area (Å²) in [6.07, 6.45) is 3.80. The lowest BCUT2D eigenvalue weighted by atomic mass is 10.1. The summed E-state index contributed by atoms with van der Waals surface area (Å²) >= 11 is 1.27. The van der Waals surface area contributed by atoms with Crippen LogP contribution in [-0.2, 0) is 10.0 Å². The summed E-state index contributed by atoms with van der Waals surface area (Å²) in [4.78, 5) is 13.1. The van der Waals surface area contributed by atoms with Crippen LogP contribution in [0.1, 0.15) is 47.2 Å². The number of hydrogen-bond acceptors (Lipinski definition) is 6. The molecule has 1 amide bonds. The molecule has 0 saturated carbocycles. The predicted octanol–water partition coefficient (Wildman–Crippen LogP) is 4.64. The molecule has 1 aliphatic heterocycles. The van der Waals surface area contributed by atoms with Crippen molar-refractivity contribution in [3.05, 3.63) is 59.2 Å². The van der Waals surface area contributed by atoms with Crippen LogP contribution in [0.15, 0.2) is 47.4 Å². The van der Waals surface area contributed by atoms with Crippen molar-refractivity contribution in [2.24, 2.45) is 0 Å². The Hall–Kier alpha value is -2.62. The van der Waals surface area contributed by atoms with Gasteiger partial charge in [0, 0.05) is 24.2 Å². The van der Waals surface area contributed by atoms with Crippen LogP contribution in [0, 0.1) is 13.8 Å². The summed E-state index contributed by atoms with van der Waals surface area (Å²) in [6, 6.07) is 12.6. The largest absolute Gasteiger partial charge is 0.296 e. The second-order valence-corrected chi connectivity index (χ2v) is 10.9. The van der Waals surface area contributed by atoms with Crippen molar-refractivity contribution in [2.45, 2.75) is 44.4 Å². The van der Waals surface area contributed by atoms with Crippen LogP contribution in [0.2, 0.25) is 0 Å². The number of benzene rings is 2. The molecule has 2 aromatic carbocycles. The van der Waals surface area contributed by atoms with E-state index >= 15 is 0 Å². The van der Waals surface area contributed by atoms with Gasteiger partial charge in [0.2, 0.25) is 15.2 Å². The lowest BCUT2D eigenvalue weighted by molar-refractivity contribution is 0.102. The summed E-state index contributed by atoms with van der Waals surface area (Å²) in [6.45, 7) is 4.84. The van der Waals surface area contributed by atoms with E-state index in [1.165, 1.54) is 21.7 Å². The van der Waals surface area contributed by atoms with Crippen LogP contribution < -0.4 is 5.32 Å². The molecule has 4 rings (SSSR count). The van der Waals surface area contributed by atoms with E-state index in [2.05, 4.69) is 15.5 Å². The highest BCUT2D eigenvalue weighted by atomic mass is 32.2. The second kappa shape index (κ2) is 9.48. The normalized spacial score (nSPS) is 15.3. The van der Waals surface area contributed by atoms with Gasteiger partial charge in [-0.25, -0.2) is 8.42 Å². The molecule has 2 heterocycles. The summed E-state index contributed by atoms with van der Waals surface area (Å²) < 4.78 is 27.8. The van der Waals surface area contributed by atoms with Crippen molar-refractivity contribution in [2.75, 3.05) is 18.4 Å². The van der Waals surface area contributed by atoms with Gasteiger partial charge in [-0.15, -0.1) is 10.2 Å². The van der Waals surface area contributed by atoms with E-state index in [0.29, 0.717) is 34.4 Å². The molecule has 0 atom stereocenters. The quantitative estimate of drug-likeness (QED) is 0.586. The van der Waals surface area contributed by atoms with Gasteiger partial charge in [0.15, 0.2) is 0 Å². The van der Waals surface area contributed by atoms with E-state index in [9.17, 15) is 13.2 Å². The first-order valence-corrected chi connectivity index (χ1v) is 12.9. The first-order valence-electron chi connectivity index (χ1n) is 10.7. The summed E-state index contributed by atoms with van der Waals surface area (Å²) in [5.41, 5.74) is 3.08. The minimum atomic E-state index is -3.64. The Labute approximate surface area is 192 Å². The van der Waals surface area contributed by atoms with E-state index in [-0.39, 0.29) is 4.90 Å². The van der Waals surface area contributed by atoms with Gasteiger partial charge in [0.25, 0.3) is 5.91 Å². The molecule has 1 aliphatic rings. The number of aryl methyl sites for hydroxylation is 2. The third-order valence-electron chi connectivity index (χ3n) is 5.60. The van der Waals surface area contributed by atoms with Gasteiger partial charge in [-0.3, -0.25) is 10.1 Å². The Bertz CT molecular complexity index is 1210. The van der Waals surface area contributed by atoms with Crippen LogP contribution in [0.5, 0.6) is 0 Å². The molecule has 1 fully saturated rings. The zero-order chi connectivity index (χ0) is 22.7. The van der Waals surface area contributed by atoms with Crippen LogP contribution >= 0.6 is 11.3 Å². The second-order valence-electron chi connectivity index (χ2n) is 8.03. The number of aromatic nitrogens is 2. The van der Waals surface area contributed by atoms with E-state index in [0.717, 1.165) is 36.8 Å². The first-order chi connectivity index (χ1) is 15.3. The maximum atomic E-state index is 13.1. The predicted molar refractivity (Wildman–Crippen MR) is 126 cm³/mol. The maximum Gasteiger partial charge on any atom is 0.257 e. The third-order valence-corrected chi connectivity index (χ3v) is 8.38. The molecule has 168 valence electrons. The maximum absolute atomic E-state index is 13.1. The number of amides is 1. The molecule has 9 heteroatoms. The molecular weight excluding hydrogens is 444 g/mol. The lowest BCUT2D eigenvalue weighted by Crippen LogP contribution is -2.32. The number of sulfonamides is 1. The number of nitrogens with one attached hydrogen (secondary N) is 1. The number of carbonyl (C=O) groups is 1. The van der Waals surface area contributed by atoms with Gasteiger partial charge < -0.3 is 0 Å². The third kappa shape index (κ3) is 4.90. The van der Waals surface area contributed by atoms with Gasteiger partial charge in [0.1, 0.15) is 5.01 Å². The molecule has 1 saturated heterocycles. The zero-order valence-corrected chi connectivity index (χ0v) is 19.8. The van der Waals surface area contributed by atoms with Crippen molar-refractivity contribution >= 4 is 32.4 Å². The molecule has 7 nitrogen and oxygen atoms in total. The monoisotopic (exact) mass is 470 g/mol. The fourth-order valence-electron chi connectivity index (χ4n) is 3.69. The molecule has 0 spiro atoms. The Morgan fingerprint density at radius 3 is 2.34 bits per heavy atom. The summed E-state index contributed by atoms with van der Waals surface area (Å²) in [5.74, 6) is -0.401. The fourth-order valence-corrected chi connectivity index (χ4v) is 5.98. The summed E-state index contributed by atoms with van der Waals surface area (Å²) in [5, 5.41) is 12.1. The van der Waals surface area contributed by atoms with Gasteiger partial charge in [-0.05, 0) is 44.4 Å². The van der Waals surface area contributed by atoms with Gasteiger partial charge in [-0.1, -0.05) is 60.1 Å². The number of nitrogens with zero attached hydrogens (tertiary/aromatic N) is 3. The number of hydrogen-bond donors (Lipinski definition) is 1. The van der Waals surface area contributed by atoms with E-state index < -0.39 is 15.9 Å². The van der Waals surface area contributed by atoms with E-state index in [1.54, 1.807) is 19.1 Å². The molecule has 0 unspecified atom stereocenters. The molecule has 1 aromatic heterocycles. The van der Waals surface area contributed by atoms with Crippen molar-refractivity contribution in [3.8, 4) is 10.6 Å². The highest BCUT2D eigenvalue weighted by molar-refractivity contribution is 7.89. The Kier molecular flexibility index (Phi) is 6.68. The minimum Gasteiger partial charge on any atom is -0.296 e. The first kappa shape index (κ1) is 22.6. The van der Waals surface area contributed by atoms with Crippen molar-refractivity contribution in [1.29, 1.82) is 0 Å². The number of carbonyl (C=O) groups excluding carboxylic acids is 1.